The molecule has 29 heavy (non-hydrogen) atoms. The predicted octanol–water partition coefficient (Wildman–Crippen LogP) is 1.28. The number of morpholine rings is 1. The van der Waals surface area contributed by atoms with Gasteiger partial charge in [-0.3, -0.25) is 9.59 Å². The Morgan fingerprint density at radius 1 is 1.24 bits per heavy atom. The first-order valence-corrected chi connectivity index (χ1v) is 9.67. The molecule has 1 aliphatic heterocycles. The summed E-state index contributed by atoms with van der Waals surface area (Å²) in [5, 5.41) is 5.87. The maximum Gasteiger partial charge on any atom is 0.238 e. The summed E-state index contributed by atoms with van der Waals surface area (Å²) in [6.45, 7) is 6.92. The fraction of sp³-hybridized carbons (Fsp3) is 0.450. The molecule has 0 saturated carbocycles. The molecule has 0 aromatic carbocycles. The highest BCUT2D eigenvalue weighted by atomic mass is 16.5. The van der Waals surface area contributed by atoms with Crippen LogP contribution in [0.2, 0.25) is 0 Å². The van der Waals surface area contributed by atoms with Gasteiger partial charge in [-0.05, 0) is 12.1 Å². The van der Waals surface area contributed by atoms with Crippen molar-refractivity contribution in [1.29, 1.82) is 0 Å². The third-order valence-electron chi connectivity index (χ3n) is 4.52. The standard InChI is InChI=1S/C20H26N6O3/c1-14(2)20(28)19-17(9-16(11-23-19)26-5-7-29-8-6-26)25-18(27)12-22-10-15-3-4-21-13-24-15/h3-4,9,11,13-14,22H,5-8,10,12H2,1-2H3,(H,25,27). The van der Waals surface area contributed by atoms with Crippen LogP contribution < -0.4 is 15.5 Å². The molecule has 3 rings (SSSR count). The van der Waals surface area contributed by atoms with Crippen LogP contribution >= 0.6 is 0 Å². The Bertz CT molecular complexity index is 837. The average molecular weight is 398 g/mol. The molecule has 154 valence electrons. The Balaban J connectivity index is 1.70. The van der Waals surface area contributed by atoms with E-state index in [1.165, 1.54) is 6.33 Å². The van der Waals surface area contributed by atoms with E-state index < -0.39 is 0 Å². The number of nitrogens with zero attached hydrogens (tertiary/aromatic N) is 4. The van der Waals surface area contributed by atoms with Crippen LogP contribution in [0.4, 0.5) is 11.4 Å². The molecular weight excluding hydrogens is 372 g/mol. The molecule has 0 aliphatic carbocycles. The second-order valence-electron chi connectivity index (χ2n) is 7.06. The van der Waals surface area contributed by atoms with Gasteiger partial charge in [-0.2, -0.15) is 0 Å². The SMILES string of the molecule is CC(C)C(=O)c1ncc(N2CCOCC2)cc1NC(=O)CNCc1ccncn1. The van der Waals surface area contributed by atoms with Crippen LogP contribution in [0.25, 0.3) is 0 Å². The van der Waals surface area contributed by atoms with E-state index >= 15 is 0 Å². The molecule has 2 aromatic heterocycles. The number of aromatic nitrogens is 3. The summed E-state index contributed by atoms with van der Waals surface area (Å²) in [4.78, 5) is 39.5. The maximum atomic E-state index is 12.6. The van der Waals surface area contributed by atoms with Crippen LogP contribution in [0.5, 0.6) is 0 Å². The molecule has 1 amide bonds. The molecule has 3 heterocycles. The second kappa shape index (κ2) is 10.0. The van der Waals surface area contributed by atoms with Gasteiger partial charge in [-0.1, -0.05) is 13.8 Å². The second-order valence-corrected chi connectivity index (χ2v) is 7.06. The summed E-state index contributed by atoms with van der Waals surface area (Å²) in [5.41, 5.74) is 2.36. The number of Topliss-reactive ketones (excluding diaryl/α,β-unsaturated/α-hetero) is 1. The summed E-state index contributed by atoms with van der Waals surface area (Å²) in [6.07, 6.45) is 4.80. The quantitative estimate of drug-likeness (QED) is 0.640. The molecule has 0 atom stereocenters. The van der Waals surface area contributed by atoms with Gasteiger partial charge in [0, 0.05) is 31.7 Å². The van der Waals surface area contributed by atoms with Crippen molar-refractivity contribution in [3.05, 3.63) is 42.2 Å². The van der Waals surface area contributed by atoms with E-state index in [1.807, 2.05) is 19.9 Å². The lowest BCUT2D eigenvalue weighted by Crippen LogP contribution is -2.36. The molecular formula is C20H26N6O3. The predicted molar refractivity (Wildman–Crippen MR) is 109 cm³/mol. The molecule has 1 fully saturated rings. The van der Waals surface area contributed by atoms with Gasteiger partial charge in [0.15, 0.2) is 5.78 Å². The van der Waals surface area contributed by atoms with Gasteiger partial charge in [-0.25, -0.2) is 15.0 Å². The molecule has 0 unspecified atom stereocenters. The van der Waals surface area contributed by atoms with Crippen LogP contribution in [0.3, 0.4) is 0 Å². The van der Waals surface area contributed by atoms with Gasteiger partial charge in [0.2, 0.25) is 5.91 Å². The van der Waals surface area contributed by atoms with Crippen LogP contribution in [-0.2, 0) is 16.1 Å². The van der Waals surface area contributed by atoms with Crippen molar-refractivity contribution in [1.82, 2.24) is 20.3 Å². The van der Waals surface area contributed by atoms with Crippen molar-refractivity contribution >= 4 is 23.1 Å². The monoisotopic (exact) mass is 398 g/mol. The smallest absolute Gasteiger partial charge is 0.238 e. The Kier molecular flexibility index (Phi) is 7.20. The minimum atomic E-state index is -0.252. The summed E-state index contributed by atoms with van der Waals surface area (Å²) in [7, 11) is 0. The van der Waals surface area contributed by atoms with Gasteiger partial charge < -0.3 is 20.3 Å². The normalized spacial score (nSPS) is 14.1. The van der Waals surface area contributed by atoms with Gasteiger partial charge in [-0.15, -0.1) is 0 Å². The van der Waals surface area contributed by atoms with Crippen LogP contribution in [0, 0.1) is 5.92 Å². The minimum Gasteiger partial charge on any atom is -0.378 e. The van der Waals surface area contributed by atoms with Crippen molar-refractivity contribution in [2.75, 3.05) is 43.1 Å². The van der Waals surface area contributed by atoms with E-state index in [1.54, 1.807) is 18.5 Å². The molecule has 9 heteroatoms. The van der Waals surface area contributed by atoms with Crippen molar-refractivity contribution < 1.29 is 14.3 Å². The number of anilines is 2. The molecule has 2 aromatic rings. The Morgan fingerprint density at radius 2 is 2.03 bits per heavy atom. The van der Waals surface area contributed by atoms with Crippen LogP contribution in [0.1, 0.15) is 30.0 Å². The van der Waals surface area contributed by atoms with Crippen molar-refractivity contribution in [2.24, 2.45) is 5.92 Å². The number of hydrogen-bond acceptors (Lipinski definition) is 8. The third-order valence-corrected chi connectivity index (χ3v) is 4.52. The summed E-state index contributed by atoms with van der Waals surface area (Å²) in [6, 6.07) is 3.59. The zero-order valence-electron chi connectivity index (χ0n) is 16.7. The Morgan fingerprint density at radius 3 is 2.72 bits per heavy atom. The molecule has 0 spiro atoms. The number of ether oxygens (including phenoxy) is 1. The van der Waals surface area contributed by atoms with E-state index in [-0.39, 0.29) is 29.8 Å². The number of carbonyl (C=O) groups is 2. The van der Waals surface area contributed by atoms with Crippen molar-refractivity contribution in [2.45, 2.75) is 20.4 Å². The first kappa shape index (κ1) is 20.8. The Labute approximate surface area is 169 Å². The van der Waals surface area contributed by atoms with Crippen LogP contribution in [0.15, 0.2) is 30.9 Å². The van der Waals surface area contributed by atoms with Crippen molar-refractivity contribution in [3.63, 3.8) is 0 Å². The number of amides is 1. The van der Waals surface area contributed by atoms with Gasteiger partial charge in [0.1, 0.15) is 12.0 Å². The van der Waals surface area contributed by atoms with Crippen molar-refractivity contribution in [3.8, 4) is 0 Å². The number of nitrogens with one attached hydrogen (secondary N) is 2. The Hall–Kier alpha value is -2.91. The average Bonchev–Trinajstić information content (AvgIpc) is 2.74. The summed E-state index contributed by atoms with van der Waals surface area (Å²) < 4.78 is 5.39. The topological polar surface area (TPSA) is 109 Å². The van der Waals surface area contributed by atoms with Gasteiger partial charge in [0.05, 0.1) is 43.0 Å². The zero-order chi connectivity index (χ0) is 20.6. The van der Waals surface area contributed by atoms with E-state index in [4.69, 9.17) is 4.74 Å². The summed E-state index contributed by atoms with van der Waals surface area (Å²) in [5.74, 6) is -0.580. The molecule has 0 bridgehead atoms. The maximum absolute atomic E-state index is 12.6. The molecule has 0 radical (unpaired) electrons. The van der Waals surface area contributed by atoms with Gasteiger partial charge >= 0.3 is 0 Å². The lowest BCUT2D eigenvalue weighted by atomic mass is 10.0. The largest absolute Gasteiger partial charge is 0.378 e. The highest BCUT2D eigenvalue weighted by molar-refractivity contribution is 6.05. The third kappa shape index (κ3) is 5.78. The first-order chi connectivity index (χ1) is 14.0. The van der Waals surface area contributed by atoms with E-state index in [0.29, 0.717) is 25.4 Å². The van der Waals surface area contributed by atoms with E-state index in [0.717, 1.165) is 24.5 Å². The molecule has 9 nitrogen and oxygen atoms in total. The highest BCUT2D eigenvalue weighted by Crippen LogP contribution is 2.24. The fourth-order valence-electron chi connectivity index (χ4n) is 2.93. The number of carbonyl (C=O) groups excluding carboxylic acids is 2. The lowest BCUT2D eigenvalue weighted by Gasteiger charge is -2.29. The fourth-order valence-corrected chi connectivity index (χ4v) is 2.93. The molecule has 2 N–H and O–H groups in total. The highest BCUT2D eigenvalue weighted by Gasteiger charge is 2.21. The van der Waals surface area contributed by atoms with E-state index in [9.17, 15) is 9.59 Å². The first-order valence-electron chi connectivity index (χ1n) is 9.67. The molecule has 1 aliphatic rings. The minimum absolute atomic E-state index is 0.0844. The zero-order valence-corrected chi connectivity index (χ0v) is 16.7. The number of pyridine rings is 1. The summed E-state index contributed by atoms with van der Waals surface area (Å²) >= 11 is 0. The van der Waals surface area contributed by atoms with E-state index in [2.05, 4.69) is 30.5 Å². The number of hydrogen-bond donors (Lipinski definition) is 2. The van der Waals surface area contributed by atoms with Crippen LogP contribution in [-0.4, -0.2) is 59.5 Å². The number of rotatable bonds is 8. The van der Waals surface area contributed by atoms with Gasteiger partial charge in [0.25, 0.3) is 0 Å². The molecule has 1 saturated heterocycles. The number of ketones is 1. The lowest BCUT2D eigenvalue weighted by molar-refractivity contribution is -0.115.